The highest BCUT2D eigenvalue weighted by molar-refractivity contribution is 6.30. The van der Waals surface area contributed by atoms with E-state index >= 15 is 0 Å². The average molecular weight is 448 g/mol. The monoisotopic (exact) mass is 447 g/mol. The van der Waals surface area contributed by atoms with Crippen LogP contribution in [0.5, 0.6) is 5.75 Å². The van der Waals surface area contributed by atoms with E-state index in [4.69, 9.17) is 20.8 Å². The van der Waals surface area contributed by atoms with Crippen molar-refractivity contribution in [3.8, 4) is 5.75 Å². The lowest BCUT2D eigenvalue weighted by Gasteiger charge is -2.17. The molecule has 1 heterocycles. The summed E-state index contributed by atoms with van der Waals surface area (Å²) in [6.07, 6.45) is 0. The van der Waals surface area contributed by atoms with E-state index in [1.165, 1.54) is 11.1 Å². The van der Waals surface area contributed by atoms with Crippen molar-refractivity contribution in [3.05, 3.63) is 110 Å². The van der Waals surface area contributed by atoms with Crippen LogP contribution in [0.4, 0.5) is 0 Å². The van der Waals surface area contributed by atoms with Crippen LogP contribution in [0.1, 0.15) is 27.8 Å². The third kappa shape index (κ3) is 5.21. The summed E-state index contributed by atoms with van der Waals surface area (Å²) in [5, 5.41) is 1.69. The van der Waals surface area contributed by atoms with Gasteiger partial charge in [-0.15, -0.1) is 0 Å². The van der Waals surface area contributed by atoms with Gasteiger partial charge in [-0.1, -0.05) is 48.0 Å². The third-order valence-corrected chi connectivity index (χ3v) is 5.89. The van der Waals surface area contributed by atoms with Gasteiger partial charge in [0.1, 0.15) is 17.9 Å². The number of benzene rings is 3. The molecule has 0 saturated carbocycles. The lowest BCUT2D eigenvalue weighted by atomic mass is 10.1. The number of rotatable bonds is 7. The molecule has 0 aliphatic carbocycles. The molecule has 4 rings (SSSR count). The average Bonchev–Trinajstić information content (AvgIpc) is 2.77. The normalized spacial score (nSPS) is 11.3. The number of hydrogen-bond donors (Lipinski definition) is 0. The van der Waals surface area contributed by atoms with Gasteiger partial charge >= 0.3 is 5.63 Å². The molecular formula is C27H26ClNO3. The minimum atomic E-state index is -0.303. The Balaban J connectivity index is 1.36. The highest BCUT2D eigenvalue weighted by atomic mass is 35.5. The Morgan fingerprint density at radius 2 is 1.59 bits per heavy atom. The molecule has 1 aromatic heterocycles. The number of ether oxygens (including phenoxy) is 1. The SMILES string of the molecule is Cc1c(C)c2ccc(OCc3ccc(CN(C)Cc4cccc(Cl)c4)cc3)cc2oc1=O. The molecular weight excluding hydrogens is 422 g/mol. The molecule has 32 heavy (non-hydrogen) atoms. The largest absolute Gasteiger partial charge is 0.489 e. The maximum Gasteiger partial charge on any atom is 0.339 e. The summed E-state index contributed by atoms with van der Waals surface area (Å²) in [4.78, 5) is 14.2. The van der Waals surface area contributed by atoms with E-state index in [9.17, 15) is 4.79 Å². The fourth-order valence-corrected chi connectivity index (χ4v) is 3.95. The molecule has 0 spiro atoms. The van der Waals surface area contributed by atoms with Gasteiger partial charge in [0.05, 0.1) is 0 Å². The molecule has 3 aromatic carbocycles. The quantitative estimate of drug-likeness (QED) is 0.313. The van der Waals surface area contributed by atoms with Gasteiger partial charge in [0.2, 0.25) is 0 Å². The molecule has 5 heteroatoms. The van der Waals surface area contributed by atoms with Crippen LogP contribution in [-0.2, 0) is 19.7 Å². The molecule has 0 aliphatic rings. The van der Waals surface area contributed by atoms with Crippen molar-refractivity contribution in [1.82, 2.24) is 4.90 Å². The molecule has 0 aliphatic heterocycles. The fourth-order valence-electron chi connectivity index (χ4n) is 3.74. The van der Waals surface area contributed by atoms with Crippen LogP contribution in [-0.4, -0.2) is 11.9 Å². The number of fused-ring (bicyclic) bond motifs is 1. The zero-order chi connectivity index (χ0) is 22.7. The van der Waals surface area contributed by atoms with Crippen LogP contribution >= 0.6 is 11.6 Å². The Bertz CT molecular complexity index is 1290. The predicted molar refractivity (Wildman–Crippen MR) is 129 cm³/mol. The molecule has 0 unspecified atom stereocenters. The second-order valence-corrected chi connectivity index (χ2v) is 8.64. The van der Waals surface area contributed by atoms with Crippen LogP contribution in [0.25, 0.3) is 11.0 Å². The molecule has 4 nitrogen and oxygen atoms in total. The summed E-state index contributed by atoms with van der Waals surface area (Å²) < 4.78 is 11.4. The first-order chi connectivity index (χ1) is 15.4. The maximum absolute atomic E-state index is 12.0. The van der Waals surface area contributed by atoms with Crippen LogP contribution in [0.15, 0.2) is 75.9 Å². The minimum absolute atomic E-state index is 0.303. The second kappa shape index (κ2) is 9.60. The van der Waals surface area contributed by atoms with Gasteiger partial charge in [-0.3, -0.25) is 4.90 Å². The zero-order valence-electron chi connectivity index (χ0n) is 18.5. The van der Waals surface area contributed by atoms with Crippen molar-refractivity contribution in [1.29, 1.82) is 0 Å². The van der Waals surface area contributed by atoms with Crippen molar-refractivity contribution in [3.63, 3.8) is 0 Å². The zero-order valence-corrected chi connectivity index (χ0v) is 19.3. The van der Waals surface area contributed by atoms with Gasteiger partial charge < -0.3 is 9.15 Å². The molecule has 0 amide bonds. The summed E-state index contributed by atoms with van der Waals surface area (Å²) in [6, 6.07) is 22.0. The Labute approximate surface area is 193 Å². The van der Waals surface area contributed by atoms with E-state index in [1.54, 1.807) is 13.0 Å². The van der Waals surface area contributed by atoms with Gasteiger partial charge in [-0.2, -0.15) is 0 Å². The van der Waals surface area contributed by atoms with Crippen molar-refractivity contribution in [2.45, 2.75) is 33.5 Å². The van der Waals surface area contributed by atoms with Crippen LogP contribution < -0.4 is 10.4 Å². The molecule has 0 saturated heterocycles. The fraction of sp³-hybridized carbons (Fsp3) is 0.222. The van der Waals surface area contributed by atoms with Crippen molar-refractivity contribution in [2.75, 3.05) is 7.05 Å². The van der Waals surface area contributed by atoms with E-state index in [2.05, 4.69) is 42.3 Å². The highest BCUT2D eigenvalue weighted by Gasteiger charge is 2.09. The van der Waals surface area contributed by atoms with Crippen LogP contribution in [0.3, 0.4) is 0 Å². The van der Waals surface area contributed by atoms with Crippen LogP contribution in [0.2, 0.25) is 5.02 Å². The minimum Gasteiger partial charge on any atom is -0.489 e. The summed E-state index contributed by atoms with van der Waals surface area (Å²) >= 11 is 6.08. The van der Waals surface area contributed by atoms with Gasteiger partial charge in [0, 0.05) is 35.1 Å². The third-order valence-electron chi connectivity index (χ3n) is 5.65. The lowest BCUT2D eigenvalue weighted by molar-refractivity contribution is 0.305. The molecule has 0 bridgehead atoms. The lowest BCUT2D eigenvalue weighted by Crippen LogP contribution is -2.17. The number of nitrogens with zero attached hydrogens (tertiary/aromatic N) is 1. The van der Waals surface area contributed by atoms with Gasteiger partial charge in [0.15, 0.2) is 0 Å². The van der Waals surface area contributed by atoms with Gasteiger partial charge in [-0.25, -0.2) is 4.79 Å². The van der Waals surface area contributed by atoms with E-state index in [0.29, 0.717) is 23.5 Å². The molecule has 0 atom stereocenters. The first-order valence-corrected chi connectivity index (χ1v) is 10.9. The van der Waals surface area contributed by atoms with E-state index in [1.807, 2.05) is 37.3 Å². The summed E-state index contributed by atoms with van der Waals surface area (Å²) in [6.45, 7) is 5.84. The van der Waals surface area contributed by atoms with Crippen molar-refractivity contribution in [2.24, 2.45) is 0 Å². The number of halogens is 1. The van der Waals surface area contributed by atoms with E-state index in [0.717, 1.165) is 34.6 Å². The topological polar surface area (TPSA) is 42.7 Å². The molecule has 164 valence electrons. The number of hydrogen-bond acceptors (Lipinski definition) is 4. The van der Waals surface area contributed by atoms with E-state index in [-0.39, 0.29) is 5.63 Å². The molecule has 0 N–H and O–H groups in total. The Morgan fingerprint density at radius 1 is 0.875 bits per heavy atom. The molecule has 0 fully saturated rings. The summed E-state index contributed by atoms with van der Waals surface area (Å²) in [7, 11) is 2.10. The first-order valence-electron chi connectivity index (χ1n) is 10.6. The Morgan fingerprint density at radius 3 is 2.34 bits per heavy atom. The predicted octanol–water partition coefficient (Wildman–Crippen LogP) is 6.27. The molecule has 4 aromatic rings. The van der Waals surface area contributed by atoms with Crippen molar-refractivity contribution < 1.29 is 9.15 Å². The van der Waals surface area contributed by atoms with E-state index < -0.39 is 0 Å². The number of aryl methyl sites for hydroxylation is 1. The second-order valence-electron chi connectivity index (χ2n) is 8.20. The first kappa shape index (κ1) is 22.1. The van der Waals surface area contributed by atoms with Gasteiger partial charge in [-0.05, 0) is 67.4 Å². The maximum atomic E-state index is 12.0. The summed E-state index contributed by atoms with van der Waals surface area (Å²) in [5.74, 6) is 0.675. The van der Waals surface area contributed by atoms with Crippen molar-refractivity contribution >= 4 is 22.6 Å². The Kier molecular flexibility index (Phi) is 6.63. The van der Waals surface area contributed by atoms with Crippen LogP contribution in [0, 0.1) is 13.8 Å². The smallest absolute Gasteiger partial charge is 0.339 e. The van der Waals surface area contributed by atoms with Gasteiger partial charge in [0.25, 0.3) is 0 Å². The molecule has 0 radical (unpaired) electrons. The summed E-state index contributed by atoms with van der Waals surface area (Å²) in [5.41, 5.74) is 5.34. The Hall–Kier alpha value is -3.08. The highest BCUT2D eigenvalue weighted by Crippen LogP contribution is 2.24. The standard InChI is InChI=1S/C27H26ClNO3/c1-18-19(2)27(30)32-26-14-24(11-12-25(18)26)31-17-21-9-7-20(8-10-21)15-29(3)16-22-5-4-6-23(28)13-22/h4-14H,15-17H2,1-3H3.